The average Bonchev–Trinajstić information content (AvgIpc) is 2.73. The van der Waals surface area contributed by atoms with E-state index in [1.807, 2.05) is 6.07 Å². The number of fused-ring (bicyclic) bond motifs is 1. The van der Waals surface area contributed by atoms with Crippen molar-refractivity contribution in [2.45, 2.75) is 31.3 Å². The Morgan fingerprint density at radius 2 is 1.90 bits per heavy atom. The van der Waals surface area contributed by atoms with Crippen molar-refractivity contribution in [2.75, 3.05) is 19.6 Å². The smallest absolute Gasteiger partial charge is 0.328 e. The summed E-state index contributed by atoms with van der Waals surface area (Å²) in [5.41, 5.74) is 2.18. The molecule has 5 heteroatoms. The number of aliphatic carboxylic acids is 1. The number of hydrogen-bond acceptors (Lipinski definition) is 4. The number of nitrogens with zero attached hydrogens (tertiary/aromatic N) is 1. The SMILES string of the molecule is O=C(O)/C=C/c1ccc2c(c1)C(=O)CC1(CCN(CCc3ccccc3)CC1)O2. The van der Waals surface area contributed by atoms with Gasteiger partial charge in [0, 0.05) is 38.6 Å². The maximum Gasteiger partial charge on any atom is 0.328 e. The van der Waals surface area contributed by atoms with Crippen molar-refractivity contribution < 1.29 is 19.4 Å². The Balaban J connectivity index is 1.39. The predicted octanol–water partition coefficient (Wildman–Crippen LogP) is 3.83. The zero-order valence-corrected chi connectivity index (χ0v) is 16.3. The van der Waals surface area contributed by atoms with E-state index in [0.717, 1.165) is 45.0 Å². The van der Waals surface area contributed by atoms with E-state index in [0.29, 0.717) is 23.3 Å². The van der Waals surface area contributed by atoms with Gasteiger partial charge in [-0.3, -0.25) is 4.79 Å². The van der Waals surface area contributed by atoms with Crippen LogP contribution >= 0.6 is 0 Å². The third-order valence-corrected chi connectivity index (χ3v) is 5.86. The van der Waals surface area contributed by atoms with Gasteiger partial charge < -0.3 is 14.7 Å². The molecule has 2 aromatic carbocycles. The first-order chi connectivity index (χ1) is 14.0. The standard InChI is InChI=1S/C24H25NO4/c26-21-17-24(29-22-8-6-19(16-20(21)22)7-9-23(27)28)11-14-25(15-12-24)13-10-18-4-2-1-3-5-18/h1-9,16H,10-15,17H2,(H,27,28)/b9-7+. The van der Waals surface area contributed by atoms with E-state index >= 15 is 0 Å². The molecule has 0 saturated carbocycles. The van der Waals surface area contributed by atoms with E-state index in [-0.39, 0.29) is 5.78 Å². The molecule has 1 N–H and O–H groups in total. The summed E-state index contributed by atoms with van der Waals surface area (Å²) in [5.74, 6) is -0.315. The maximum absolute atomic E-state index is 12.8. The highest BCUT2D eigenvalue weighted by molar-refractivity contribution is 6.01. The highest BCUT2D eigenvalue weighted by Crippen LogP contribution is 2.39. The molecule has 1 saturated heterocycles. The molecule has 0 aliphatic carbocycles. The van der Waals surface area contributed by atoms with E-state index in [4.69, 9.17) is 9.84 Å². The number of carbonyl (C=O) groups excluding carboxylic acids is 1. The molecule has 0 bridgehead atoms. The van der Waals surface area contributed by atoms with Crippen molar-refractivity contribution in [1.29, 1.82) is 0 Å². The summed E-state index contributed by atoms with van der Waals surface area (Å²) in [6.45, 7) is 2.87. The molecule has 2 aromatic rings. The minimum atomic E-state index is -1.01. The monoisotopic (exact) mass is 391 g/mol. The number of carboxylic acids is 1. The second-order valence-corrected chi connectivity index (χ2v) is 7.89. The molecule has 29 heavy (non-hydrogen) atoms. The average molecular weight is 391 g/mol. The molecule has 5 nitrogen and oxygen atoms in total. The summed E-state index contributed by atoms with van der Waals surface area (Å²) >= 11 is 0. The lowest BCUT2D eigenvalue weighted by Gasteiger charge is -2.44. The fourth-order valence-electron chi connectivity index (χ4n) is 4.18. The van der Waals surface area contributed by atoms with Gasteiger partial charge in [-0.15, -0.1) is 0 Å². The van der Waals surface area contributed by atoms with E-state index in [1.165, 1.54) is 11.6 Å². The molecule has 150 valence electrons. The van der Waals surface area contributed by atoms with Gasteiger partial charge in [0.25, 0.3) is 0 Å². The van der Waals surface area contributed by atoms with Crippen molar-refractivity contribution in [3.8, 4) is 5.75 Å². The molecule has 1 fully saturated rings. The number of piperidine rings is 1. The Morgan fingerprint density at radius 3 is 2.62 bits per heavy atom. The maximum atomic E-state index is 12.8. The minimum absolute atomic E-state index is 0.0783. The molecular formula is C24H25NO4. The molecule has 0 unspecified atom stereocenters. The molecule has 0 radical (unpaired) electrons. The minimum Gasteiger partial charge on any atom is -0.486 e. The van der Waals surface area contributed by atoms with Gasteiger partial charge in [0.15, 0.2) is 5.78 Å². The van der Waals surface area contributed by atoms with Crippen LogP contribution in [0.3, 0.4) is 0 Å². The van der Waals surface area contributed by atoms with Gasteiger partial charge in [0.2, 0.25) is 0 Å². The first kappa shape index (κ1) is 19.4. The molecule has 0 aromatic heterocycles. The van der Waals surface area contributed by atoms with Crippen molar-refractivity contribution >= 4 is 17.8 Å². The van der Waals surface area contributed by atoms with Gasteiger partial charge in [-0.2, -0.15) is 0 Å². The molecule has 0 amide bonds. The van der Waals surface area contributed by atoms with Crippen LogP contribution in [-0.2, 0) is 11.2 Å². The van der Waals surface area contributed by atoms with Crippen LogP contribution < -0.4 is 4.74 Å². The topological polar surface area (TPSA) is 66.8 Å². The molecule has 2 aliphatic rings. The van der Waals surface area contributed by atoms with Crippen LogP contribution in [0.15, 0.2) is 54.6 Å². The lowest BCUT2D eigenvalue weighted by Crippen LogP contribution is -2.51. The third-order valence-electron chi connectivity index (χ3n) is 5.86. The fraction of sp³-hybridized carbons (Fsp3) is 0.333. The second kappa shape index (κ2) is 8.21. The number of benzene rings is 2. The van der Waals surface area contributed by atoms with Crippen LogP contribution in [0.25, 0.3) is 6.08 Å². The molecule has 4 rings (SSSR count). The zero-order valence-electron chi connectivity index (χ0n) is 16.3. The van der Waals surface area contributed by atoms with Gasteiger partial charge in [-0.1, -0.05) is 36.4 Å². The Bertz CT molecular complexity index is 927. The van der Waals surface area contributed by atoms with Crippen LogP contribution in [0, 0.1) is 0 Å². The van der Waals surface area contributed by atoms with Crippen LogP contribution in [0.1, 0.15) is 40.7 Å². The number of ether oxygens (including phenoxy) is 1. The molecule has 0 atom stereocenters. The zero-order chi connectivity index (χ0) is 20.3. The van der Waals surface area contributed by atoms with Gasteiger partial charge in [-0.25, -0.2) is 4.79 Å². The van der Waals surface area contributed by atoms with Gasteiger partial charge >= 0.3 is 5.97 Å². The largest absolute Gasteiger partial charge is 0.486 e. The molecule has 2 heterocycles. The van der Waals surface area contributed by atoms with E-state index in [2.05, 4.69) is 29.2 Å². The lowest BCUT2D eigenvalue weighted by atomic mass is 9.82. The quantitative estimate of drug-likeness (QED) is 0.785. The van der Waals surface area contributed by atoms with Gasteiger partial charge in [-0.05, 0) is 35.8 Å². The van der Waals surface area contributed by atoms with Gasteiger partial charge in [0.1, 0.15) is 11.4 Å². The number of Topliss-reactive ketones (excluding diaryl/α,β-unsaturated/α-hetero) is 1. The van der Waals surface area contributed by atoms with Crippen molar-refractivity contribution in [3.63, 3.8) is 0 Å². The summed E-state index contributed by atoms with van der Waals surface area (Å²) in [7, 11) is 0. The van der Waals surface area contributed by atoms with Crippen molar-refractivity contribution in [1.82, 2.24) is 4.90 Å². The lowest BCUT2D eigenvalue weighted by molar-refractivity contribution is -0.131. The summed E-state index contributed by atoms with van der Waals surface area (Å²) in [4.78, 5) is 26.0. The van der Waals surface area contributed by atoms with Crippen LogP contribution in [0.4, 0.5) is 0 Å². The fourth-order valence-corrected chi connectivity index (χ4v) is 4.18. The highest BCUT2D eigenvalue weighted by Gasteiger charge is 2.42. The van der Waals surface area contributed by atoms with Crippen LogP contribution in [0.2, 0.25) is 0 Å². The Kier molecular flexibility index (Phi) is 5.49. The number of hydrogen-bond donors (Lipinski definition) is 1. The number of carboxylic acid groups (broad SMARTS) is 1. The number of carbonyl (C=O) groups is 2. The van der Waals surface area contributed by atoms with Crippen LogP contribution in [0.5, 0.6) is 5.75 Å². The Morgan fingerprint density at radius 1 is 1.14 bits per heavy atom. The highest BCUT2D eigenvalue weighted by atomic mass is 16.5. The summed E-state index contributed by atoms with van der Waals surface area (Å²) in [5, 5.41) is 8.77. The Labute approximate surface area is 170 Å². The number of rotatable bonds is 5. The number of likely N-dealkylation sites (tertiary alicyclic amines) is 1. The van der Waals surface area contributed by atoms with Crippen molar-refractivity contribution in [3.05, 3.63) is 71.3 Å². The second-order valence-electron chi connectivity index (χ2n) is 7.89. The van der Waals surface area contributed by atoms with E-state index in [9.17, 15) is 9.59 Å². The Hall–Kier alpha value is -2.92. The van der Waals surface area contributed by atoms with Gasteiger partial charge in [0.05, 0.1) is 12.0 Å². The first-order valence-electron chi connectivity index (χ1n) is 10.1. The third kappa shape index (κ3) is 4.57. The molecule has 1 spiro atoms. The first-order valence-corrected chi connectivity index (χ1v) is 10.1. The normalized spacial score (nSPS) is 18.6. The van der Waals surface area contributed by atoms with E-state index < -0.39 is 11.6 Å². The number of ketones is 1. The summed E-state index contributed by atoms with van der Waals surface area (Å²) in [6, 6.07) is 15.8. The van der Waals surface area contributed by atoms with E-state index in [1.54, 1.807) is 18.2 Å². The predicted molar refractivity (Wildman–Crippen MR) is 111 cm³/mol. The van der Waals surface area contributed by atoms with Crippen molar-refractivity contribution in [2.24, 2.45) is 0 Å². The summed E-state index contributed by atoms with van der Waals surface area (Å²) < 4.78 is 6.33. The molecule has 2 aliphatic heterocycles. The summed E-state index contributed by atoms with van der Waals surface area (Å²) in [6.07, 6.45) is 5.66. The van der Waals surface area contributed by atoms with Crippen LogP contribution in [-0.4, -0.2) is 47.0 Å². The molecular weight excluding hydrogens is 366 g/mol.